The summed E-state index contributed by atoms with van der Waals surface area (Å²) in [6.45, 7) is 7.10. The van der Waals surface area contributed by atoms with Crippen LogP contribution in [0.5, 0.6) is 0 Å². The summed E-state index contributed by atoms with van der Waals surface area (Å²) in [6.07, 6.45) is 15.4. The average Bonchev–Trinajstić information content (AvgIpc) is 3.24. The van der Waals surface area contributed by atoms with E-state index in [1.807, 2.05) is 18.5 Å². The number of carbonyl (C=O) groups is 1. The van der Waals surface area contributed by atoms with Gasteiger partial charge in [-0.05, 0) is 55.5 Å². The van der Waals surface area contributed by atoms with Crippen LogP contribution in [0.2, 0.25) is 0 Å². The van der Waals surface area contributed by atoms with Gasteiger partial charge in [0.1, 0.15) is 16.9 Å². The third kappa shape index (κ3) is 6.70. The number of H-pyrrole nitrogens is 1. The lowest BCUT2D eigenvalue weighted by atomic mass is 9.73. The molecule has 3 heterocycles. The summed E-state index contributed by atoms with van der Waals surface area (Å²) in [7, 11) is 1.83. The number of nitrogens with two attached hydrogens (primary N) is 1. The van der Waals surface area contributed by atoms with E-state index >= 15 is 0 Å². The first-order chi connectivity index (χ1) is 19.4. The Morgan fingerprint density at radius 1 is 1.23 bits per heavy atom. The molecule has 2 aromatic rings. The summed E-state index contributed by atoms with van der Waals surface area (Å²) in [5.74, 6) is -0.0228. The summed E-state index contributed by atoms with van der Waals surface area (Å²) in [4.78, 5) is 24.6. The number of ether oxygens (including phenoxy) is 1. The minimum atomic E-state index is -0.313. The highest BCUT2D eigenvalue weighted by Crippen LogP contribution is 2.42. The van der Waals surface area contributed by atoms with Gasteiger partial charge in [0.25, 0.3) is 5.91 Å². The molecule has 40 heavy (non-hydrogen) atoms. The van der Waals surface area contributed by atoms with Gasteiger partial charge in [0.2, 0.25) is 5.95 Å². The lowest BCUT2D eigenvalue weighted by Gasteiger charge is -2.37. The van der Waals surface area contributed by atoms with Crippen molar-refractivity contribution in [1.29, 1.82) is 0 Å². The molecule has 3 aliphatic rings. The minimum Gasteiger partial charge on any atom is -0.374 e. The molecule has 1 saturated carbocycles. The molecule has 2 fully saturated rings. The standard InChI is InChI=1S/C29H44N8O2S/c1-29(2)17-19-18-32-27(30)33-23(19)24-22(29)25(36-35-24)26(38)34-28(31-3)40-16-8-15-39-21-11-13-37(14-12-21)20-9-6-4-5-7-10-20/h8,16,18,20-21,28,31H,4-7,9-15,17H2,1-3H3,(H,34,38)(H,35,36)(H2,30,32,33)/b16-8+. The molecule has 1 unspecified atom stereocenters. The zero-order valence-electron chi connectivity index (χ0n) is 24.0. The van der Waals surface area contributed by atoms with Crippen molar-refractivity contribution >= 4 is 23.6 Å². The first-order valence-corrected chi connectivity index (χ1v) is 15.6. The van der Waals surface area contributed by atoms with Gasteiger partial charge in [-0.3, -0.25) is 15.2 Å². The van der Waals surface area contributed by atoms with Crippen molar-refractivity contribution in [3.8, 4) is 11.4 Å². The highest BCUT2D eigenvalue weighted by atomic mass is 32.2. The van der Waals surface area contributed by atoms with Gasteiger partial charge in [0.15, 0.2) is 0 Å². The molecule has 2 aromatic heterocycles. The summed E-state index contributed by atoms with van der Waals surface area (Å²) in [5.41, 5.74) is 8.85. The van der Waals surface area contributed by atoms with E-state index in [1.54, 1.807) is 6.20 Å². The molecular weight excluding hydrogens is 524 g/mol. The monoisotopic (exact) mass is 568 g/mol. The van der Waals surface area contributed by atoms with Crippen molar-refractivity contribution in [2.24, 2.45) is 0 Å². The molecule has 5 N–H and O–H groups in total. The number of nitrogens with one attached hydrogen (secondary N) is 3. The molecule has 0 spiro atoms. The van der Waals surface area contributed by atoms with Crippen molar-refractivity contribution in [3.63, 3.8) is 0 Å². The zero-order chi connectivity index (χ0) is 28.1. The van der Waals surface area contributed by atoms with Crippen LogP contribution in [0.25, 0.3) is 11.4 Å². The average molecular weight is 569 g/mol. The van der Waals surface area contributed by atoms with Crippen molar-refractivity contribution < 1.29 is 9.53 Å². The van der Waals surface area contributed by atoms with Gasteiger partial charge in [0, 0.05) is 30.9 Å². The second-order valence-electron chi connectivity index (χ2n) is 11.8. The summed E-state index contributed by atoms with van der Waals surface area (Å²) in [5, 5.41) is 15.6. The smallest absolute Gasteiger partial charge is 0.271 e. The number of aromatic amines is 1. The van der Waals surface area contributed by atoms with Gasteiger partial charge in [-0.1, -0.05) is 57.4 Å². The number of aromatic nitrogens is 4. The third-order valence-corrected chi connectivity index (χ3v) is 9.47. The maximum absolute atomic E-state index is 13.3. The van der Waals surface area contributed by atoms with Crippen molar-refractivity contribution in [3.05, 3.63) is 34.5 Å². The molecule has 0 aromatic carbocycles. The number of fused-ring (bicyclic) bond motifs is 3. The second kappa shape index (κ2) is 13.0. The van der Waals surface area contributed by atoms with Gasteiger partial charge in [-0.15, -0.1) is 0 Å². The van der Waals surface area contributed by atoms with E-state index in [1.165, 1.54) is 50.3 Å². The molecule has 10 nitrogen and oxygen atoms in total. The van der Waals surface area contributed by atoms with E-state index in [0.717, 1.165) is 43.1 Å². The van der Waals surface area contributed by atoms with Crippen LogP contribution < -0.4 is 16.4 Å². The van der Waals surface area contributed by atoms with E-state index in [2.05, 4.69) is 49.5 Å². The number of hydrogen-bond acceptors (Lipinski definition) is 9. The van der Waals surface area contributed by atoms with Gasteiger partial charge in [-0.25, -0.2) is 9.97 Å². The fourth-order valence-corrected chi connectivity index (χ4v) is 7.07. The van der Waals surface area contributed by atoms with Gasteiger partial charge < -0.3 is 20.7 Å². The summed E-state index contributed by atoms with van der Waals surface area (Å²) >= 11 is 1.50. The largest absolute Gasteiger partial charge is 0.374 e. The number of likely N-dealkylation sites (tertiary alicyclic amines) is 1. The highest BCUT2D eigenvalue weighted by molar-refractivity contribution is 8.02. The van der Waals surface area contributed by atoms with Crippen LogP contribution in [0.3, 0.4) is 0 Å². The van der Waals surface area contributed by atoms with Crippen LogP contribution in [-0.4, -0.2) is 75.4 Å². The Hall–Kier alpha value is -2.47. The van der Waals surface area contributed by atoms with E-state index in [9.17, 15) is 4.79 Å². The van der Waals surface area contributed by atoms with E-state index in [4.69, 9.17) is 10.5 Å². The number of hydrogen-bond donors (Lipinski definition) is 4. The van der Waals surface area contributed by atoms with Crippen LogP contribution in [0.15, 0.2) is 17.7 Å². The van der Waals surface area contributed by atoms with E-state index in [-0.39, 0.29) is 22.8 Å². The topological polar surface area (TPSA) is 134 Å². The fourth-order valence-electron chi connectivity index (χ4n) is 6.42. The van der Waals surface area contributed by atoms with E-state index in [0.29, 0.717) is 36.2 Å². The lowest BCUT2D eigenvalue weighted by Crippen LogP contribution is -2.43. The number of piperidine rings is 1. The maximum atomic E-state index is 13.3. The Morgan fingerprint density at radius 2 is 1.98 bits per heavy atom. The molecule has 11 heteroatoms. The number of nitrogens with zero attached hydrogens (tertiary/aromatic N) is 4. The quantitative estimate of drug-likeness (QED) is 0.262. The molecule has 2 aliphatic carbocycles. The number of carbonyl (C=O) groups excluding carboxylic acids is 1. The molecule has 5 rings (SSSR count). The third-order valence-electron chi connectivity index (χ3n) is 8.49. The Bertz CT molecular complexity index is 1180. The number of nitrogen functional groups attached to an aromatic ring is 1. The Labute approximate surface area is 241 Å². The predicted molar refractivity (Wildman–Crippen MR) is 160 cm³/mol. The molecule has 1 aliphatic heterocycles. The Balaban J connectivity index is 1.10. The van der Waals surface area contributed by atoms with Crippen molar-refractivity contribution in [2.45, 2.75) is 94.7 Å². The molecule has 1 amide bonds. The Kier molecular flexibility index (Phi) is 9.45. The van der Waals surface area contributed by atoms with Crippen LogP contribution in [-0.2, 0) is 16.6 Å². The van der Waals surface area contributed by atoms with Crippen LogP contribution in [0.4, 0.5) is 5.95 Å². The molecular formula is C29H44N8O2S. The molecule has 1 atom stereocenters. The van der Waals surface area contributed by atoms with Crippen LogP contribution in [0, 0.1) is 0 Å². The number of anilines is 1. The first-order valence-electron chi connectivity index (χ1n) is 14.7. The van der Waals surface area contributed by atoms with Gasteiger partial charge in [0.05, 0.1) is 18.4 Å². The second-order valence-corrected chi connectivity index (χ2v) is 12.9. The normalized spacial score (nSPS) is 21.1. The summed E-state index contributed by atoms with van der Waals surface area (Å²) < 4.78 is 6.15. The summed E-state index contributed by atoms with van der Waals surface area (Å²) in [6, 6.07) is 0.787. The lowest BCUT2D eigenvalue weighted by molar-refractivity contribution is 0.00893. The first kappa shape index (κ1) is 29.0. The molecule has 0 bridgehead atoms. The highest BCUT2D eigenvalue weighted by Gasteiger charge is 2.39. The van der Waals surface area contributed by atoms with Gasteiger partial charge in [-0.2, -0.15) is 5.10 Å². The van der Waals surface area contributed by atoms with Crippen molar-refractivity contribution in [1.82, 2.24) is 35.7 Å². The molecule has 0 radical (unpaired) electrons. The van der Waals surface area contributed by atoms with Crippen molar-refractivity contribution in [2.75, 3.05) is 32.5 Å². The van der Waals surface area contributed by atoms with Crippen LogP contribution >= 0.6 is 11.8 Å². The molecule has 218 valence electrons. The number of rotatable bonds is 9. The Morgan fingerprint density at radius 3 is 2.70 bits per heavy atom. The van der Waals surface area contributed by atoms with Gasteiger partial charge >= 0.3 is 0 Å². The fraction of sp³-hybridized carbons (Fsp3) is 0.655. The minimum absolute atomic E-state index is 0.195. The predicted octanol–water partition coefficient (Wildman–Crippen LogP) is 3.97. The maximum Gasteiger partial charge on any atom is 0.271 e. The zero-order valence-corrected chi connectivity index (χ0v) is 24.9. The SMILES string of the molecule is CNC(NC(=O)c1[nH]nc2c1C(C)(C)Cc1cnc(N)nc1-2)S/C=C/COC1CCN(C2CCCCCC2)CC1. The van der Waals surface area contributed by atoms with Crippen LogP contribution in [0.1, 0.15) is 86.8 Å². The number of thioether (sulfide) groups is 1. The number of amides is 1. The molecule has 1 saturated heterocycles. The van der Waals surface area contributed by atoms with E-state index < -0.39 is 0 Å².